The molecule has 1 aromatic rings. The molecule has 1 heterocycles. The van der Waals surface area contributed by atoms with Gasteiger partial charge in [-0.05, 0) is 20.3 Å². The number of hydrogen-bond acceptors (Lipinski definition) is 2. The number of aryl methyl sites for hydroxylation is 1. The first kappa shape index (κ1) is 11.8. The van der Waals surface area contributed by atoms with Gasteiger partial charge in [-0.2, -0.15) is 0 Å². The van der Waals surface area contributed by atoms with Crippen LogP contribution in [0.4, 0.5) is 0 Å². The van der Waals surface area contributed by atoms with Gasteiger partial charge in [0, 0.05) is 25.4 Å². The first-order valence-corrected chi connectivity index (χ1v) is 5.21. The molecule has 15 heavy (non-hydrogen) atoms. The van der Waals surface area contributed by atoms with Gasteiger partial charge in [-0.3, -0.25) is 4.79 Å². The van der Waals surface area contributed by atoms with Gasteiger partial charge in [0.25, 0.3) is 0 Å². The molecule has 84 valence electrons. The molecule has 0 aliphatic heterocycles. The maximum atomic E-state index is 11.0. The fourth-order valence-electron chi connectivity index (χ4n) is 1.43. The predicted octanol–water partition coefficient (Wildman–Crippen LogP) is 1.95. The smallest absolute Gasteiger partial charge is 0.310 e. The summed E-state index contributed by atoms with van der Waals surface area (Å²) in [5, 5.41) is 9.03. The first-order chi connectivity index (χ1) is 6.97. The number of carboxylic acid groups (broad SMARTS) is 1. The zero-order chi connectivity index (χ0) is 11.5. The Balaban J connectivity index is 2.80. The average molecular weight is 210 g/mol. The van der Waals surface area contributed by atoms with Crippen molar-refractivity contribution in [2.24, 2.45) is 5.41 Å². The monoisotopic (exact) mass is 210 g/mol. The van der Waals surface area contributed by atoms with Crippen molar-refractivity contribution in [3.05, 3.63) is 18.2 Å². The van der Waals surface area contributed by atoms with Gasteiger partial charge in [0.1, 0.15) is 5.82 Å². The Labute approximate surface area is 89.9 Å². The molecule has 0 radical (unpaired) electrons. The topological polar surface area (TPSA) is 55.1 Å². The van der Waals surface area contributed by atoms with Crippen molar-refractivity contribution in [1.29, 1.82) is 0 Å². The van der Waals surface area contributed by atoms with E-state index in [1.54, 1.807) is 20.0 Å². The number of aromatic nitrogens is 2. The van der Waals surface area contributed by atoms with Crippen molar-refractivity contribution in [3.8, 4) is 0 Å². The number of aliphatic carboxylic acids is 1. The summed E-state index contributed by atoms with van der Waals surface area (Å²) in [5.41, 5.74) is -0.747. The average Bonchev–Trinajstić information content (AvgIpc) is 2.52. The lowest BCUT2D eigenvalue weighted by Gasteiger charge is -2.20. The van der Waals surface area contributed by atoms with Crippen LogP contribution in [-0.4, -0.2) is 20.6 Å². The van der Waals surface area contributed by atoms with Crippen LogP contribution in [0.2, 0.25) is 0 Å². The van der Waals surface area contributed by atoms with E-state index >= 15 is 0 Å². The summed E-state index contributed by atoms with van der Waals surface area (Å²) in [6, 6.07) is 0. The fraction of sp³-hybridized carbons (Fsp3) is 0.636. The highest BCUT2D eigenvalue weighted by Crippen LogP contribution is 2.19. The lowest BCUT2D eigenvalue weighted by Crippen LogP contribution is -2.29. The molecule has 0 amide bonds. The maximum absolute atomic E-state index is 11.0. The third-order valence-electron chi connectivity index (χ3n) is 2.42. The highest BCUT2D eigenvalue weighted by atomic mass is 16.4. The molecule has 0 saturated heterocycles. The lowest BCUT2D eigenvalue weighted by atomic mass is 9.94. The summed E-state index contributed by atoms with van der Waals surface area (Å²) in [6.45, 7) is 6.01. The zero-order valence-electron chi connectivity index (χ0n) is 9.53. The van der Waals surface area contributed by atoms with E-state index in [-0.39, 0.29) is 0 Å². The van der Waals surface area contributed by atoms with E-state index in [1.165, 1.54) is 0 Å². The predicted molar refractivity (Wildman–Crippen MR) is 57.6 cm³/mol. The van der Waals surface area contributed by atoms with Crippen LogP contribution in [-0.2, 0) is 17.8 Å². The summed E-state index contributed by atoms with van der Waals surface area (Å²) >= 11 is 0. The van der Waals surface area contributed by atoms with Gasteiger partial charge in [-0.25, -0.2) is 4.98 Å². The van der Waals surface area contributed by atoms with Gasteiger partial charge in [-0.1, -0.05) is 6.92 Å². The molecule has 0 saturated carbocycles. The van der Waals surface area contributed by atoms with E-state index in [2.05, 4.69) is 11.9 Å². The molecule has 1 rings (SSSR count). The highest BCUT2D eigenvalue weighted by Gasteiger charge is 2.28. The van der Waals surface area contributed by atoms with E-state index in [9.17, 15) is 4.79 Å². The number of carboxylic acids is 1. The molecule has 0 aliphatic carbocycles. The molecule has 0 unspecified atom stereocenters. The minimum Gasteiger partial charge on any atom is -0.481 e. The quantitative estimate of drug-likeness (QED) is 0.808. The largest absolute Gasteiger partial charge is 0.481 e. The van der Waals surface area contributed by atoms with Crippen molar-refractivity contribution in [2.45, 2.75) is 40.2 Å². The third-order valence-corrected chi connectivity index (χ3v) is 2.42. The second-order valence-corrected chi connectivity index (χ2v) is 4.41. The number of nitrogens with zero attached hydrogens (tertiary/aromatic N) is 2. The maximum Gasteiger partial charge on any atom is 0.310 e. The van der Waals surface area contributed by atoms with E-state index in [1.807, 2.05) is 10.8 Å². The minimum atomic E-state index is -0.779. The van der Waals surface area contributed by atoms with Gasteiger partial charge >= 0.3 is 5.97 Å². The van der Waals surface area contributed by atoms with Crippen LogP contribution in [0.3, 0.4) is 0 Å². The van der Waals surface area contributed by atoms with Gasteiger partial charge < -0.3 is 9.67 Å². The van der Waals surface area contributed by atoms with Crippen molar-refractivity contribution in [1.82, 2.24) is 9.55 Å². The Morgan fingerprint density at radius 2 is 2.27 bits per heavy atom. The van der Waals surface area contributed by atoms with Crippen LogP contribution >= 0.6 is 0 Å². The SMILES string of the molecule is CCCc1nccn1CC(C)(C)C(=O)O. The molecule has 0 aliphatic rings. The summed E-state index contributed by atoms with van der Waals surface area (Å²) in [7, 11) is 0. The third kappa shape index (κ3) is 2.81. The molecular weight excluding hydrogens is 192 g/mol. The standard InChI is InChI=1S/C11H18N2O2/c1-4-5-9-12-6-7-13(9)8-11(2,3)10(14)15/h6-7H,4-5,8H2,1-3H3,(H,14,15). The number of rotatable bonds is 5. The normalized spacial score (nSPS) is 11.7. The van der Waals surface area contributed by atoms with Crippen LogP contribution in [0.5, 0.6) is 0 Å². The Morgan fingerprint density at radius 3 is 2.80 bits per heavy atom. The van der Waals surface area contributed by atoms with E-state index in [0.717, 1.165) is 18.7 Å². The Bertz CT molecular complexity index is 342. The molecule has 0 atom stereocenters. The van der Waals surface area contributed by atoms with E-state index in [4.69, 9.17) is 5.11 Å². The molecule has 4 nitrogen and oxygen atoms in total. The van der Waals surface area contributed by atoms with Gasteiger partial charge in [0.15, 0.2) is 0 Å². The second-order valence-electron chi connectivity index (χ2n) is 4.41. The van der Waals surface area contributed by atoms with Gasteiger partial charge in [-0.15, -0.1) is 0 Å². The van der Waals surface area contributed by atoms with Crippen LogP contribution in [0.15, 0.2) is 12.4 Å². The molecule has 1 N–H and O–H groups in total. The Kier molecular flexibility index (Phi) is 3.50. The van der Waals surface area contributed by atoms with Crippen molar-refractivity contribution in [3.63, 3.8) is 0 Å². The van der Waals surface area contributed by atoms with Crippen LogP contribution in [0, 0.1) is 5.41 Å². The summed E-state index contributed by atoms with van der Waals surface area (Å²) in [4.78, 5) is 15.2. The lowest BCUT2D eigenvalue weighted by molar-refractivity contribution is -0.147. The fourth-order valence-corrected chi connectivity index (χ4v) is 1.43. The number of imidazole rings is 1. The summed E-state index contributed by atoms with van der Waals surface area (Å²) in [6.07, 6.45) is 5.48. The van der Waals surface area contributed by atoms with Crippen LogP contribution < -0.4 is 0 Å². The first-order valence-electron chi connectivity index (χ1n) is 5.21. The van der Waals surface area contributed by atoms with Crippen molar-refractivity contribution < 1.29 is 9.90 Å². The highest BCUT2D eigenvalue weighted by molar-refractivity contribution is 5.73. The number of carbonyl (C=O) groups is 1. The second kappa shape index (κ2) is 4.47. The molecular formula is C11H18N2O2. The molecule has 0 fully saturated rings. The summed E-state index contributed by atoms with van der Waals surface area (Å²) < 4.78 is 1.93. The van der Waals surface area contributed by atoms with E-state index < -0.39 is 11.4 Å². The zero-order valence-corrected chi connectivity index (χ0v) is 9.53. The van der Waals surface area contributed by atoms with Crippen LogP contribution in [0.1, 0.15) is 33.0 Å². The van der Waals surface area contributed by atoms with E-state index in [0.29, 0.717) is 6.54 Å². The number of hydrogen-bond donors (Lipinski definition) is 1. The molecule has 1 aromatic heterocycles. The van der Waals surface area contributed by atoms with Crippen molar-refractivity contribution in [2.75, 3.05) is 0 Å². The van der Waals surface area contributed by atoms with Crippen LogP contribution in [0.25, 0.3) is 0 Å². The summed E-state index contributed by atoms with van der Waals surface area (Å²) in [5.74, 6) is 0.186. The van der Waals surface area contributed by atoms with Gasteiger partial charge in [0.05, 0.1) is 5.41 Å². The Hall–Kier alpha value is -1.32. The molecule has 0 spiro atoms. The molecule has 4 heteroatoms. The van der Waals surface area contributed by atoms with Crippen molar-refractivity contribution >= 4 is 5.97 Å². The molecule has 0 aromatic carbocycles. The Morgan fingerprint density at radius 1 is 1.60 bits per heavy atom. The van der Waals surface area contributed by atoms with Gasteiger partial charge in [0.2, 0.25) is 0 Å². The minimum absolute atomic E-state index is 0.470. The molecule has 0 bridgehead atoms.